The van der Waals surface area contributed by atoms with Gasteiger partial charge in [-0.3, -0.25) is 9.48 Å². The Morgan fingerprint density at radius 3 is 2.76 bits per heavy atom. The largest absolute Gasteiger partial charge is 0.435 e. The number of amides is 1. The van der Waals surface area contributed by atoms with Crippen LogP contribution in [-0.2, 0) is 17.5 Å². The van der Waals surface area contributed by atoms with Crippen LogP contribution in [0.4, 0.5) is 18.9 Å². The molecule has 1 aromatic carbocycles. The Balaban J connectivity index is 1.68. The fourth-order valence-corrected chi connectivity index (χ4v) is 2.79. The molecule has 1 amide bonds. The van der Waals surface area contributed by atoms with E-state index in [1.165, 1.54) is 4.68 Å². The van der Waals surface area contributed by atoms with Gasteiger partial charge < -0.3 is 5.32 Å². The third kappa shape index (κ3) is 4.15. The molecule has 3 rings (SSSR count). The summed E-state index contributed by atoms with van der Waals surface area (Å²) in [4.78, 5) is 12.1. The first-order valence-corrected chi connectivity index (χ1v) is 8.33. The van der Waals surface area contributed by atoms with Crippen LogP contribution in [0.5, 0.6) is 0 Å². The molecule has 0 spiro atoms. The summed E-state index contributed by atoms with van der Waals surface area (Å²) in [5, 5.41) is 6.92. The van der Waals surface area contributed by atoms with Gasteiger partial charge in [0.1, 0.15) is 0 Å². The molecule has 1 aliphatic rings. The number of carbonyl (C=O) groups is 1. The van der Waals surface area contributed by atoms with E-state index in [1.807, 2.05) is 0 Å². The molecule has 1 saturated carbocycles. The summed E-state index contributed by atoms with van der Waals surface area (Å²) in [6.45, 7) is 1.89. The molecule has 8 heteroatoms. The van der Waals surface area contributed by atoms with Crippen LogP contribution in [0.25, 0.3) is 0 Å². The van der Waals surface area contributed by atoms with Crippen molar-refractivity contribution < 1.29 is 18.0 Å². The summed E-state index contributed by atoms with van der Waals surface area (Å²) in [6.07, 6.45) is -2.73. The van der Waals surface area contributed by atoms with Crippen LogP contribution >= 0.6 is 11.6 Å². The maximum absolute atomic E-state index is 12.9. The number of hydrogen-bond acceptors (Lipinski definition) is 2. The topological polar surface area (TPSA) is 46.9 Å². The average molecular weight is 372 g/mol. The maximum atomic E-state index is 12.9. The molecule has 0 aliphatic heterocycles. The molecule has 25 heavy (non-hydrogen) atoms. The molecule has 1 N–H and O–H groups in total. The second kappa shape index (κ2) is 6.71. The van der Waals surface area contributed by atoms with E-state index >= 15 is 0 Å². The molecule has 4 nitrogen and oxygen atoms in total. The monoisotopic (exact) mass is 371 g/mol. The number of nitrogens with zero attached hydrogens (tertiary/aromatic N) is 2. The molecular weight excluding hydrogens is 355 g/mol. The van der Waals surface area contributed by atoms with Gasteiger partial charge in [0.2, 0.25) is 5.91 Å². The summed E-state index contributed by atoms with van der Waals surface area (Å²) in [5.74, 6) is -0.182. The van der Waals surface area contributed by atoms with Crippen molar-refractivity contribution in [3.63, 3.8) is 0 Å². The Hall–Kier alpha value is -2.02. The van der Waals surface area contributed by atoms with Crippen LogP contribution in [0.1, 0.15) is 42.1 Å². The van der Waals surface area contributed by atoms with Crippen LogP contribution < -0.4 is 5.32 Å². The normalized spacial score (nSPS) is 14.6. The van der Waals surface area contributed by atoms with Crippen molar-refractivity contribution in [2.24, 2.45) is 0 Å². The Kier molecular flexibility index (Phi) is 4.77. The number of nitrogens with one attached hydrogen (secondary N) is 1. The summed E-state index contributed by atoms with van der Waals surface area (Å²) in [5.41, 5.74) is 0.991. The van der Waals surface area contributed by atoms with E-state index < -0.39 is 11.9 Å². The smallest absolute Gasteiger partial charge is 0.326 e. The Morgan fingerprint density at radius 1 is 1.40 bits per heavy atom. The van der Waals surface area contributed by atoms with Crippen molar-refractivity contribution >= 4 is 23.2 Å². The van der Waals surface area contributed by atoms with E-state index in [0.717, 1.165) is 24.5 Å². The number of hydrogen-bond donors (Lipinski definition) is 1. The molecule has 1 heterocycles. The predicted molar refractivity (Wildman–Crippen MR) is 88.6 cm³/mol. The van der Waals surface area contributed by atoms with Crippen LogP contribution in [0, 0.1) is 6.92 Å². The zero-order valence-electron chi connectivity index (χ0n) is 13.5. The SMILES string of the molecule is Cc1c(Cl)cccc1NC(=O)CCn1nc(C(F)(F)F)cc1C1CC1. The number of halogens is 4. The fraction of sp³-hybridized carbons (Fsp3) is 0.412. The van der Waals surface area contributed by atoms with Gasteiger partial charge in [-0.05, 0) is 43.5 Å². The number of alkyl halides is 3. The number of aromatic nitrogens is 2. The quantitative estimate of drug-likeness (QED) is 0.823. The van der Waals surface area contributed by atoms with E-state index in [1.54, 1.807) is 25.1 Å². The maximum Gasteiger partial charge on any atom is 0.435 e. The molecule has 0 saturated heterocycles. The van der Waals surface area contributed by atoms with Crippen molar-refractivity contribution in [2.75, 3.05) is 5.32 Å². The third-order valence-corrected chi connectivity index (χ3v) is 4.60. The molecule has 1 aromatic heterocycles. The van der Waals surface area contributed by atoms with Gasteiger partial charge in [0, 0.05) is 35.3 Å². The minimum atomic E-state index is -4.48. The van der Waals surface area contributed by atoms with Crippen molar-refractivity contribution in [1.82, 2.24) is 9.78 Å². The summed E-state index contributed by atoms with van der Waals surface area (Å²) in [7, 11) is 0. The van der Waals surface area contributed by atoms with Crippen LogP contribution in [0.3, 0.4) is 0 Å². The van der Waals surface area contributed by atoms with Crippen molar-refractivity contribution in [2.45, 2.75) is 44.8 Å². The summed E-state index contributed by atoms with van der Waals surface area (Å²) in [6, 6.07) is 6.26. The molecular formula is C17H17ClF3N3O. The molecule has 0 unspecified atom stereocenters. The van der Waals surface area contributed by atoms with Crippen LogP contribution in [-0.4, -0.2) is 15.7 Å². The van der Waals surface area contributed by atoms with Gasteiger partial charge in [-0.1, -0.05) is 17.7 Å². The zero-order valence-corrected chi connectivity index (χ0v) is 14.3. The first-order chi connectivity index (χ1) is 11.8. The number of rotatable bonds is 5. The van der Waals surface area contributed by atoms with Gasteiger partial charge in [-0.25, -0.2) is 0 Å². The molecule has 0 bridgehead atoms. The molecule has 1 aliphatic carbocycles. The van der Waals surface area contributed by atoms with Gasteiger partial charge in [0.15, 0.2) is 5.69 Å². The lowest BCUT2D eigenvalue weighted by Gasteiger charge is -2.10. The van der Waals surface area contributed by atoms with Crippen LogP contribution in [0.15, 0.2) is 24.3 Å². The van der Waals surface area contributed by atoms with Gasteiger partial charge in [0.05, 0.1) is 0 Å². The molecule has 2 aromatic rings. The van der Waals surface area contributed by atoms with E-state index in [4.69, 9.17) is 11.6 Å². The average Bonchev–Trinajstić information content (AvgIpc) is 3.28. The Labute approximate surface area is 148 Å². The van der Waals surface area contributed by atoms with Crippen molar-refractivity contribution in [3.8, 4) is 0 Å². The highest BCUT2D eigenvalue weighted by Gasteiger charge is 2.37. The van der Waals surface area contributed by atoms with Crippen molar-refractivity contribution in [3.05, 3.63) is 46.2 Å². The van der Waals surface area contributed by atoms with E-state index in [0.29, 0.717) is 16.4 Å². The number of anilines is 1. The Morgan fingerprint density at radius 2 is 2.12 bits per heavy atom. The highest BCUT2D eigenvalue weighted by molar-refractivity contribution is 6.31. The molecule has 1 fully saturated rings. The third-order valence-electron chi connectivity index (χ3n) is 4.19. The number of aryl methyl sites for hydroxylation is 1. The number of carbonyl (C=O) groups excluding carboxylic acids is 1. The van der Waals surface area contributed by atoms with Gasteiger partial charge in [-0.2, -0.15) is 18.3 Å². The highest BCUT2D eigenvalue weighted by atomic mass is 35.5. The second-order valence-electron chi connectivity index (χ2n) is 6.16. The van der Waals surface area contributed by atoms with E-state index in [2.05, 4.69) is 10.4 Å². The van der Waals surface area contributed by atoms with E-state index in [9.17, 15) is 18.0 Å². The standard InChI is InChI=1S/C17H17ClF3N3O/c1-10-12(18)3-2-4-13(10)22-16(25)7-8-24-14(11-5-6-11)9-15(23-24)17(19,20)21/h2-4,9,11H,5-8H2,1H3,(H,22,25). The number of benzene rings is 1. The lowest BCUT2D eigenvalue weighted by molar-refractivity contribution is -0.141. The predicted octanol–water partition coefficient (Wildman–Crippen LogP) is 4.77. The first kappa shape index (κ1) is 17.8. The summed E-state index contributed by atoms with van der Waals surface area (Å²) < 4.78 is 39.9. The summed E-state index contributed by atoms with van der Waals surface area (Å²) >= 11 is 6.01. The fourth-order valence-electron chi connectivity index (χ4n) is 2.62. The zero-order chi connectivity index (χ0) is 18.2. The lowest BCUT2D eigenvalue weighted by Crippen LogP contribution is -2.17. The molecule has 0 atom stereocenters. The van der Waals surface area contributed by atoms with Crippen molar-refractivity contribution in [1.29, 1.82) is 0 Å². The van der Waals surface area contributed by atoms with E-state index in [-0.39, 0.29) is 24.8 Å². The minimum absolute atomic E-state index is 0.0324. The minimum Gasteiger partial charge on any atom is -0.326 e. The van der Waals surface area contributed by atoms with Gasteiger partial charge in [-0.15, -0.1) is 0 Å². The highest BCUT2D eigenvalue weighted by Crippen LogP contribution is 2.42. The molecule has 0 radical (unpaired) electrons. The Bertz CT molecular complexity index is 797. The van der Waals surface area contributed by atoms with Gasteiger partial charge in [0.25, 0.3) is 0 Å². The first-order valence-electron chi connectivity index (χ1n) is 7.95. The second-order valence-corrected chi connectivity index (χ2v) is 6.57. The lowest BCUT2D eigenvalue weighted by atomic mass is 10.2. The van der Waals surface area contributed by atoms with Crippen LogP contribution in [0.2, 0.25) is 5.02 Å². The van der Waals surface area contributed by atoms with Gasteiger partial charge >= 0.3 is 6.18 Å². The molecule has 134 valence electrons.